The second-order valence-electron chi connectivity index (χ2n) is 4.01. The summed E-state index contributed by atoms with van der Waals surface area (Å²) < 4.78 is 0. The summed E-state index contributed by atoms with van der Waals surface area (Å²) in [5.74, 6) is 0. The van der Waals surface area contributed by atoms with E-state index in [1.54, 1.807) is 0 Å². The van der Waals surface area contributed by atoms with Crippen LogP contribution in [0, 0.1) is 6.92 Å². The molecule has 3 N–H and O–H groups in total. The first-order valence-corrected chi connectivity index (χ1v) is 5.88. The molecule has 0 aromatic heterocycles. The minimum Gasteiger partial charge on any atom is -0.398 e. The molecule has 0 heterocycles. The fraction of sp³-hybridized carbons (Fsp3) is 0.143. The minimum absolute atomic E-state index is 0.717. The lowest BCUT2D eigenvalue weighted by molar-refractivity contribution is 1.14. The summed E-state index contributed by atoms with van der Waals surface area (Å²) in [7, 11) is 0. The van der Waals surface area contributed by atoms with Crippen LogP contribution in [-0.2, 0) is 6.54 Å². The Kier molecular flexibility index (Phi) is 3.55. The first-order chi connectivity index (χ1) is 8.16. The molecule has 0 aliphatic heterocycles. The minimum atomic E-state index is 0.717. The van der Waals surface area contributed by atoms with Gasteiger partial charge in [0.05, 0.1) is 0 Å². The number of aryl methyl sites for hydroxylation is 1. The first kappa shape index (κ1) is 11.8. The fourth-order valence-electron chi connectivity index (χ4n) is 1.71. The van der Waals surface area contributed by atoms with E-state index in [0.29, 0.717) is 0 Å². The Labute approximate surface area is 106 Å². The van der Waals surface area contributed by atoms with Crippen LogP contribution in [0.1, 0.15) is 11.1 Å². The molecular formula is C14H15ClN2. The molecule has 0 saturated carbocycles. The van der Waals surface area contributed by atoms with Gasteiger partial charge in [-0.2, -0.15) is 0 Å². The van der Waals surface area contributed by atoms with Crippen LogP contribution in [0.3, 0.4) is 0 Å². The molecule has 0 radical (unpaired) electrons. The largest absolute Gasteiger partial charge is 0.398 e. The van der Waals surface area contributed by atoms with Crippen LogP contribution in [0.2, 0.25) is 5.02 Å². The summed E-state index contributed by atoms with van der Waals surface area (Å²) in [6.45, 7) is 2.75. The quantitative estimate of drug-likeness (QED) is 0.808. The van der Waals surface area contributed by atoms with Gasteiger partial charge < -0.3 is 11.1 Å². The number of nitrogens with one attached hydrogen (secondary N) is 1. The summed E-state index contributed by atoms with van der Waals surface area (Å²) in [5, 5.41) is 4.12. The van der Waals surface area contributed by atoms with Crippen LogP contribution in [0.15, 0.2) is 42.5 Å². The molecule has 0 fully saturated rings. The molecule has 0 saturated heterocycles. The van der Waals surface area contributed by atoms with Gasteiger partial charge in [-0.15, -0.1) is 0 Å². The number of nitrogens with two attached hydrogens (primary N) is 1. The summed E-state index contributed by atoms with van der Waals surface area (Å²) in [4.78, 5) is 0. The lowest BCUT2D eigenvalue weighted by Gasteiger charge is -2.11. The lowest BCUT2D eigenvalue weighted by atomic mass is 10.1. The first-order valence-electron chi connectivity index (χ1n) is 5.50. The number of halogens is 1. The zero-order valence-corrected chi connectivity index (χ0v) is 10.5. The average Bonchev–Trinajstić information content (AvgIpc) is 2.30. The highest BCUT2D eigenvalue weighted by Gasteiger charge is 2.01. The van der Waals surface area contributed by atoms with Crippen LogP contribution in [-0.4, -0.2) is 0 Å². The number of benzene rings is 2. The van der Waals surface area contributed by atoms with Crippen molar-refractivity contribution in [1.82, 2.24) is 0 Å². The second-order valence-corrected chi connectivity index (χ2v) is 4.45. The van der Waals surface area contributed by atoms with Gasteiger partial charge in [-0.3, -0.25) is 0 Å². The van der Waals surface area contributed by atoms with Crippen molar-refractivity contribution < 1.29 is 0 Å². The third kappa shape index (κ3) is 2.92. The lowest BCUT2D eigenvalue weighted by Crippen LogP contribution is -2.03. The molecule has 2 aromatic carbocycles. The van der Waals surface area contributed by atoms with Crippen molar-refractivity contribution in [1.29, 1.82) is 0 Å². The molecule has 0 aliphatic rings. The Morgan fingerprint density at radius 3 is 2.65 bits per heavy atom. The van der Waals surface area contributed by atoms with E-state index in [-0.39, 0.29) is 0 Å². The maximum absolute atomic E-state index is 5.91. The third-order valence-electron chi connectivity index (χ3n) is 2.71. The van der Waals surface area contributed by atoms with Gasteiger partial charge in [0.15, 0.2) is 0 Å². The molecular weight excluding hydrogens is 232 g/mol. The highest BCUT2D eigenvalue weighted by molar-refractivity contribution is 6.30. The molecule has 2 rings (SSSR count). The van der Waals surface area contributed by atoms with Gasteiger partial charge in [-0.1, -0.05) is 29.8 Å². The molecule has 2 nitrogen and oxygen atoms in total. The number of rotatable bonds is 3. The van der Waals surface area contributed by atoms with Gasteiger partial charge in [0, 0.05) is 22.9 Å². The van der Waals surface area contributed by atoms with Gasteiger partial charge in [0.1, 0.15) is 0 Å². The Morgan fingerprint density at radius 1 is 1.18 bits per heavy atom. The van der Waals surface area contributed by atoms with E-state index in [4.69, 9.17) is 17.3 Å². The van der Waals surface area contributed by atoms with Crippen molar-refractivity contribution in [2.24, 2.45) is 0 Å². The molecule has 0 bridgehead atoms. The number of para-hydroxylation sites is 1. The number of hydrogen-bond donors (Lipinski definition) is 2. The predicted molar refractivity (Wildman–Crippen MR) is 74.4 cm³/mol. The van der Waals surface area contributed by atoms with Crippen LogP contribution in [0.4, 0.5) is 11.4 Å². The fourth-order valence-corrected chi connectivity index (χ4v) is 1.94. The van der Waals surface area contributed by atoms with E-state index >= 15 is 0 Å². The van der Waals surface area contributed by atoms with Gasteiger partial charge in [0.25, 0.3) is 0 Å². The number of nitrogen functional groups attached to an aromatic ring is 1. The monoisotopic (exact) mass is 246 g/mol. The van der Waals surface area contributed by atoms with E-state index in [9.17, 15) is 0 Å². The molecule has 0 unspecified atom stereocenters. The standard InChI is InChI=1S/C14H15ClN2/c1-10-8-12(15)6-7-14(10)17-9-11-4-2-3-5-13(11)16/h2-8,17H,9,16H2,1H3. The normalized spacial score (nSPS) is 10.2. The second kappa shape index (κ2) is 5.11. The predicted octanol–water partition coefficient (Wildman–Crippen LogP) is 3.84. The molecule has 0 aliphatic carbocycles. The van der Waals surface area contributed by atoms with Crippen LogP contribution in [0.25, 0.3) is 0 Å². The van der Waals surface area contributed by atoms with E-state index in [0.717, 1.165) is 34.1 Å². The highest BCUT2D eigenvalue weighted by atomic mass is 35.5. The van der Waals surface area contributed by atoms with Crippen molar-refractivity contribution in [3.63, 3.8) is 0 Å². The SMILES string of the molecule is Cc1cc(Cl)ccc1NCc1ccccc1N. The van der Waals surface area contributed by atoms with Crippen molar-refractivity contribution >= 4 is 23.0 Å². The van der Waals surface area contributed by atoms with Gasteiger partial charge in [0.2, 0.25) is 0 Å². The van der Waals surface area contributed by atoms with E-state index in [2.05, 4.69) is 5.32 Å². The molecule has 0 amide bonds. The molecule has 17 heavy (non-hydrogen) atoms. The zero-order valence-electron chi connectivity index (χ0n) is 9.70. The smallest absolute Gasteiger partial charge is 0.0421 e. The van der Waals surface area contributed by atoms with Gasteiger partial charge in [-0.25, -0.2) is 0 Å². The molecule has 88 valence electrons. The zero-order chi connectivity index (χ0) is 12.3. The van der Waals surface area contributed by atoms with Crippen LogP contribution >= 0.6 is 11.6 Å². The van der Waals surface area contributed by atoms with Crippen molar-refractivity contribution in [3.8, 4) is 0 Å². The van der Waals surface area contributed by atoms with Crippen LogP contribution in [0.5, 0.6) is 0 Å². The molecule has 2 aromatic rings. The maximum Gasteiger partial charge on any atom is 0.0421 e. The Morgan fingerprint density at radius 2 is 1.94 bits per heavy atom. The summed E-state index contributed by atoms with van der Waals surface area (Å²) in [6, 6.07) is 13.7. The van der Waals surface area contributed by atoms with Gasteiger partial charge >= 0.3 is 0 Å². The Balaban J connectivity index is 2.10. The topological polar surface area (TPSA) is 38.0 Å². The highest BCUT2D eigenvalue weighted by Crippen LogP contribution is 2.21. The average molecular weight is 247 g/mol. The molecule has 0 atom stereocenters. The summed E-state index contributed by atoms with van der Waals surface area (Å²) in [6.07, 6.45) is 0. The Bertz CT molecular complexity index is 523. The third-order valence-corrected chi connectivity index (χ3v) is 2.95. The summed E-state index contributed by atoms with van der Waals surface area (Å²) >= 11 is 5.91. The van der Waals surface area contributed by atoms with Crippen molar-refractivity contribution in [2.45, 2.75) is 13.5 Å². The Hall–Kier alpha value is -1.67. The van der Waals surface area contributed by atoms with Crippen molar-refractivity contribution in [3.05, 3.63) is 58.6 Å². The van der Waals surface area contributed by atoms with Crippen molar-refractivity contribution in [2.75, 3.05) is 11.1 Å². The maximum atomic E-state index is 5.91. The number of hydrogen-bond acceptors (Lipinski definition) is 2. The number of anilines is 2. The van der Waals surface area contributed by atoms with E-state index in [1.807, 2.05) is 49.4 Å². The summed E-state index contributed by atoms with van der Waals surface area (Å²) in [5.41, 5.74) is 10.0. The van der Waals surface area contributed by atoms with E-state index in [1.165, 1.54) is 0 Å². The van der Waals surface area contributed by atoms with Crippen LogP contribution < -0.4 is 11.1 Å². The van der Waals surface area contributed by atoms with E-state index < -0.39 is 0 Å². The molecule has 0 spiro atoms. The molecule has 3 heteroatoms. The van der Waals surface area contributed by atoms with Gasteiger partial charge in [-0.05, 0) is 42.3 Å².